The molecule has 2 aromatic rings. The Morgan fingerprint density at radius 3 is 2.59 bits per heavy atom. The second kappa shape index (κ2) is 6.39. The van der Waals surface area contributed by atoms with Gasteiger partial charge in [-0.1, -0.05) is 12.1 Å². The van der Waals surface area contributed by atoms with E-state index in [9.17, 15) is 19.7 Å². The molecule has 0 aromatic heterocycles. The molecule has 0 unspecified atom stereocenters. The second-order valence-electron chi connectivity index (χ2n) is 6.83. The Hall–Kier alpha value is -3.42. The van der Waals surface area contributed by atoms with E-state index in [1.165, 1.54) is 24.1 Å². The summed E-state index contributed by atoms with van der Waals surface area (Å²) < 4.78 is 5.20. The number of nitrogens with zero attached hydrogens (tertiary/aromatic N) is 2. The predicted octanol–water partition coefficient (Wildman–Crippen LogP) is 2.69. The average molecular weight is 369 g/mol. The number of ether oxygens (including phenoxy) is 1. The SMILES string of the molecule is COc1ccccc1C(=O)CN1C(=O)C(C)(C)c2cc(N)c([N+](=O)[O-])cc21. The monoisotopic (exact) mass is 369 g/mol. The van der Waals surface area contributed by atoms with Gasteiger partial charge in [0.15, 0.2) is 5.78 Å². The molecule has 0 saturated heterocycles. The van der Waals surface area contributed by atoms with Gasteiger partial charge in [-0.3, -0.25) is 19.7 Å². The highest BCUT2D eigenvalue weighted by Gasteiger charge is 2.45. The number of anilines is 2. The molecule has 0 radical (unpaired) electrons. The van der Waals surface area contributed by atoms with Crippen molar-refractivity contribution in [3.63, 3.8) is 0 Å². The smallest absolute Gasteiger partial charge is 0.294 e. The highest BCUT2D eigenvalue weighted by molar-refractivity contribution is 6.13. The number of amides is 1. The Morgan fingerprint density at radius 1 is 1.30 bits per heavy atom. The van der Waals surface area contributed by atoms with Crippen molar-refractivity contribution >= 4 is 28.8 Å². The molecule has 0 spiro atoms. The van der Waals surface area contributed by atoms with E-state index in [0.29, 0.717) is 22.6 Å². The van der Waals surface area contributed by atoms with Crippen LogP contribution in [0.3, 0.4) is 0 Å². The van der Waals surface area contributed by atoms with Crippen molar-refractivity contribution in [2.24, 2.45) is 0 Å². The van der Waals surface area contributed by atoms with Crippen LogP contribution < -0.4 is 15.4 Å². The first kappa shape index (κ1) is 18.4. The van der Waals surface area contributed by atoms with E-state index in [1.54, 1.807) is 38.1 Å². The molecule has 2 aromatic carbocycles. The lowest BCUT2D eigenvalue weighted by Gasteiger charge is -2.20. The highest BCUT2D eigenvalue weighted by atomic mass is 16.6. The van der Waals surface area contributed by atoms with Crippen LogP contribution in [0.25, 0.3) is 0 Å². The van der Waals surface area contributed by atoms with Gasteiger partial charge in [0.25, 0.3) is 5.69 Å². The normalized spacial score (nSPS) is 14.8. The summed E-state index contributed by atoms with van der Waals surface area (Å²) >= 11 is 0. The molecular formula is C19H19N3O5. The molecule has 8 nitrogen and oxygen atoms in total. The lowest BCUT2D eigenvalue weighted by molar-refractivity contribution is -0.383. The van der Waals surface area contributed by atoms with Gasteiger partial charge in [-0.25, -0.2) is 0 Å². The summed E-state index contributed by atoms with van der Waals surface area (Å²) in [5.74, 6) is -0.249. The molecule has 2 N–H and O–H groups in total. The molecule has 1 heterocycles. The molecule has 1 aliphatic rings. The molecule has 1 aliphatic heterocycles. The van der Waals surface area contributed by atoms with Gasteiger partial charge in [0.05, 0.1) is 35.2 Å². The quantitative estimate of drug-likeness (QED) is 0.375. The van der Waals surface area contributed by atoms with Crippen molar-refractivity contribution in [3.05, 3.63) is 57.6 Å². The summed E-state index contributed by atoms with van der Waals surface area (Å²) in [6.07, 6.45) is 0. The summed E-state index contributed by atoms with van der Waals surface area (Å²) in [6, 6.07) is 9.40. The summed E-state index contributed by atoms with van der Waals surface area (Å²) in [6.45, 7) is 3.15. The zero-order chi connectivity index (χ0) is 19.9. The summed E-state index contributed by atoms with van der Waals surface area (Å²) in [5.41, 5.74) is 5.75. The van der Waals surface area contributed by atoms with Gasteiger partial charge < -0.3 is 15.4 Å². The molecule has 0 aliphatic carbocycles. The van der Waals surface area contributed by atoms with Crippen molar-refractivity contribution in [2.75, 3.05) is 24.3 Å². The Morgan fingerprint density at radius 2 is 1.96 bits per heavy atom. The van der Waals surface area contributed by atoms with Crippen LogP contribution in [-0.2, 0) is 10.2 Å². The Kier molecular flexibility index (Phi) is 4.35. The molecule has 27 heavy (non-hydrogen) atoms. The number of methoxy groups -OCH3 is 1. The minimum absolute atomic E-state index is 0.0162. The molecule has 0 fully saturated rings. The van der Waals surface area contributed by atoms with Gasteiger partial charge in [-0.15, -0.1) is 0 Å². The number of hydrogen-bond donors (Lipinski definition) is 1. The first-order valence-electron chi connectivity index (χ1n) is 8.25. The largest absolute Gasteiger partial charge is 0.496 e. The molecular weight excluding hydrogens is 350 g/mol. The first-order valence-corrected chi connectivity index (χ1v) is 8.25. The van der Waals surface area contributed by atoms with Crippen molar-refractivity contribution in [2.45, 2.75) is 19.3 Å². The topological polar surface area (TPSA) is 116 Å². The van der Waals surface area contributed by atoms with Crippen molar-refractivity contribution in [1.82, 2.24) is 0 Å². The average Bonchev–Trinajstić information content (AvgIpc) is 2.81. The van der Waals surface area contributed by atoms with Gasteiger partial charge >= 0.3 is 0 Å². The molecule has 0 atom stereocenters. The zero-order valence-electron chi connectivity index (χ0n) is 15.2. The predicted molar refractivity (Wildman–Crippen MR) is 100 cm³/mol. The number of ketones is 1. The molecule has 8 heteroatoms. The van der Waals surface area contributed by atoms with Gasteiger partial charge in [0.1, 0.15) is 11.4 Å². The number of fused-ring (bicyclic) bond motifs is 1. The van der Waals surface area contributed by atoms with Crippen molar-refractivity contribution < 1.29 is 19.2 Å². The number of rotatable bonds is 5. The van der Waals surface area contributed by atoms with E-state index < -0.39 is 10.3 Å². The maximum atomic E-state index is 12.9. The lowest BCUT2D eigenvalue weighted by Crippen LogP contribution is -2.39. The number of hydrogen-bond acceptors (Lipinski definition) is 6. The van der Waals surface area contributed by atoms with E-state index in [4.69, 9.17) is 10.5 Å². The van der Waals surface area contributed by atoms with Crippen LogP contribution in [0.5, 0.6) is 5.75 Å². The molecule has 140 valence electrons. The minimum atomic E-state index is -0.945. The third-order valence-corrected chi connectivity index (χ3v) is 4.79. The Balaban J connectivity index is 2.05. The number of carbonyl (C=O) groups excluding carboxylic acids is 2. The van der Waals surface area contributed by atoms with E-state index in [2.05, 4.69) is 0 Å². The van der Waals surface area contributed by atoms with Gasteiger partial charge in [-0.2, -0.15) is 0 Å². The van der Waals surface area contributed by atoms with Gasteiger partial charge in [0.2, 0.25) is 5.91 Å². The second-order valence-corrected chi connectivity index (χ2v) is 6.83. The number of nitrogens with two attached hydrogens (primary N) is 1. The number of carbonyl (C=O) groups is 2. The van der Waals surface area contributed by atoms with Crippen LogP contribution in [0, 0.1) is 10.1 Å². The fourth-order valence-corrected chi connectivity index (χ4v) is 3.30. The number of benzene rings is 2. The molecule has 0 bridgehead atoms. The third kappa shape index (κ3) is 2.88. The molecule has 0 saturated carbocycles. The molecule has 3 rings (SSSR count). The number of nitrogen functional groups attached to an aromatic ring is 1. The van der Waals surface area contributed by atoms with Crippen molar-refractivity contribution in [1.29, 1.82) is 0 Å². The Labute approximate surface area is 155 Å². The highest BCUT2D eigenvalue weighted by Crippen LogP contribution is 2.45. The van der Waals surface area contributed by atoms with E-state index in [0.717, 1.165) is 0 Å². The van der Waals surface area contributed by atoms with Gasteiger partial charge in [-0.05, 0) is 37.6 Å². The number of nitro groups is 1. The number of Topliss-reactive ketones (excluding diaryl/α,β-unsaturated/α-hetero) is 1. The summed E-state index contributed by atoms with van der Waals surface area (Å²) in [4.78, 5) is 37.6. The zero-order valence-corrected chi connectivity index (χ0v) is 15.2. The maximum absolute atomic E-state index is 12.9. The van der Waals surface area contributed by atoms with Crippen molar-refractivity contribution in [3.8, 4) is 5.75 Å². The van der Waals surface area contributed by atoms with Crippen LogP contribution in [-0.4, -0.2) is 30.3 Å². The van der Waals surface area contributed by atoms with E-state index in [-0.39, 0.29) is 29.6 Å². The van der Waals surface area contributed by atoms with Crippen LogP contribution in [0.2, 0.25) is 0 Å². The lowest BCUT2D eigenvalue weighted by atomic mass is 9.86. The number of nitro benzene ring substituents is 1. The fourth-order valence-electron chi connectivity index (χ4n) is 3.30. The Bertz CT molecular complexity index is 968. The summed E-state index contributed by atoms with van der Waals surface area (Å²) in [5, 5.41) is 11.2. The molecule has 1 amide bonds. The third-order valence-electron chi connectivity index (χ3n) is 4.79. The summed E-state index contributed by atoms with van der Waals surface area (Å²) in [7, 11) is 1.46. The van der Waals surface area contributed by atoms with Crippen LogP contribution >= 0.6 is 0 Å². The van der Waals surface area contributed by atoms with E-state index in [1.807, 2.05) is 0 Å². The van der Waals surface area contributed by atoms with Crippen LogP contribution in [0.1, 0.15) is 29.8 Å². The standard InChI is InChI=1S/C19H19N3O5/c1-19(2)12-8-13(20)15(22(25)26)9-14(12)21(18(19)24)10-16(23)11-6-4-5-7-17(11)27-3/h4-9H,10,20H2,1-3H3. The fraction of sp³-hybridized carbons (Fsp3) is 0.263. The van der Waals surface area contributed by atoms with Crippen LogP contribution in [0.15, 0.2) is 36.4 Å². The number of para-hydroxylation sites is 1. The first-order chi connectivity index (χ1) is 12.7. The minimum Gasteiger partial charge on any atom is -0.496 e. The van der Waals surface area contributed by atoms with E-state index >= 15 is 0 Å². The van der Waals surface area contributed by atoms with Crippen LogP contribution in [0.4, 0.5) is 17.1 Å². The maximum Gasteiger partial charge on any atom is 0.294 e. The van der Waals surface area contributed by atoms with Gasteiger partial charge in [0, 0.05) is 6.07 Å².